The van der Waals surface area contributed by atoms with Crippen molar-refractivity contribution >= 4 is 7.37 Å². The summed E-state index contributed by atoms with van der Waals surface area (Å²) in [6.07, 6.45) is 6.06. The molecule has 4 heteroatoms. The molecule has 0 saturated heterocycles. The third kappa shape index (κ3) is 3.38. The molecule has 3 atom stereocenters. The Balaban J connectivity index is 2.36. The zero-order chi connectivity index (χ0) is 10.6. The van der Waals surface area contributed by atoms with Crippen LogP contribution in [-0.2, 0) is 4.57 Å². The molecular weight excluding hydrogens is 197 g/mol. The van der Waals surface area contributed by atoms with Crippen molar-refractivity contribution in [3.05, 3.63) is 0 Å². The Morgan fingerprint density at radius 1 is 1.43 bits per heavy atom. The third-order valence-corrected chi connectivity index (χ3v) is 5.67. The van der Waals surface area contributed by atoms with E-state index in [9.17, 15) is 9.46 Å². The summed E-state index contributed by atoms with van der Waals surface area (Å²) in [5.74, 6) is 0. The lowest BCUT2D eigenvalue weighted by molar-refractivity contribution is 0.458. The molecule has 0 aromatic rings. The van der Waals surface area contributed by atoms with E-state index in [1.165, 1.54) is 0 Å². The highest BCUT2D eigenvalue weighted by Crippen LogP contribution is 2.53. The minimum Gasteiger partial charge on any atom is -0.344 e. The van der Waals surface area contributed by atoms with Crippen LogP contribution in [0.2, 0.25) is 0 Å². The predicted molar refractivity (Wildman–Crippen MR) is 59.8 cm³/mol. The number of unbranched alkanes of at least 4 members (excludes halogenated alkanes) is 2. The van der Waals surface area contributed by atoms with Gasteiger partial charge in [0.05, 0.1) is 0 Å². The fraction of sp³-hybridized carbons (Fsp3) is 1.00. The smallest absolute Gasteiger partial charge is 0.203 e. The van der Waals surface area contributed by atoms with Gasteiger partial charge in [-0.3, -0.25) is 4.57 Å². The summed E-state index contributed by atoms with van der Waals surface area (Å²) in [6.45, 7) is 2.10. The maximum atomic E-state index is 11.9. The van der Waals surface area contributed by atoms with Gasteiger partial charge in [0.1, 0.15) is 0 Å². The Morgan fingerprint density at radius 2 is 2.14 bits per heavy atom. The topological polar surface area (TPSA) is 63.3 Å². The quantitative estimate of drug-likeness (QED) is 0.551. The molecule has 14 heavy (non-hydrogen) atoms. The summed E-state index contributed by atoms with van der Waals surface area (Å²) in [4.78, 5) is 9.86. The molecule has 0 spiro atoms. The van der Waals surface area contributed by atoms with Gasteiger partial charge in [0.25, 0.3) is 0 Å². The number of hydrogen-bond acceptors (Lipinski definition) is 2. The van der Waals surface area contributed by atoms with E-state index in [-0.39, 0.29) is 11.7 Å². The molecule has 84 valence electrons. The lowest BCUT2D eigenvalue weighted by atomic mass is 10.3. The van der Waals surface area contributed by atoms with Crippen LogP contribution in [0.5, 0.6) is 0 Å². The normalized spacial score (nSPS) is 31.6. The summed E-state index contributed by atoms with van der Waals surface area (Å²) in [5, 5.41) is 0. The summed E-state index contributed by atoms with van der Waals surface area (Å²) in [6, 6.07) is 0.159. The molecular formula is C10H22NO2P. The van der Waals surface area contributed by atoms with Gasteiger partial charge >= 0.3 is 0 Å². The van der Waals surface area contributed by atoms with Crippen molar-refractivity contribution in [2.75, 3.05) is 6.16 Å². The molecule has 3 N–H and O–H groups in total. The van der Waals surface area contributed by atoms with Crippen LogP contribution >= 0.6 is 7.37 Å². The highest BCUT2D eigenvalue weighted by molar-refractivity contribution is 7.58. The van der Waals surface area contributed by atoms with E-state index in [2.05, 4.69) is 6.92 Å². The van der Waals surface area contributed by atoms with Crippen molar-refractivity contribution in [1.29, 1.82) is 0 Å². The average molecular weight is 219 g/mol. The van der Waals surface area contributed by atoms with Crippen LogP contribution in [0.1, 0.15) is 45.4 Å². The molecule has 0 aromatic carbocycles. The van der Waals surface area contributed by atoms with Crippen LogP contribution in [0.4, 0.5) is 0 Å². The maximum absolute atomic E-state index is 11.9. The van der Waals surface area contributed by atoms with Crippen LogP contribution < -0.4 is 5.73 Å². The van der Waals surface area contributed by atoms with E-state index in [1.807, 2.05) is 0 Å². The Bertz CT molecular complexity index is 220. The second-order valence-electron chi connectivity index (χ2n) is 4.41. The molecule has 3 nitrogen and oxygen atoms in total. The van der Waals surface area contributed by atoms with E-state index in [4.69, 9.17) is 5.73 Å². The van der Waals surface area contributed by atoms with Gasteiger partial charge in [-0.25, -0.2) is 0 Å². The highest BCUT2D eigenvalue weighted by Gasteiger charge is 2.35. The summed E-state index contributed by atoms with van der Waals surface area (Å²) in [5.41, 5.74) is 5.74. The summed E-state index contributed by atoms with van der Waals surface area (Å²) < 4.78 is 11.9. The van der Waals surface area contributed by atoms with E-state index >= 15 is 0 Å². The Hall–Kier alpha value is 0.150. The molecule has 1 aliphatic rings. The van der Waals surface area contributed by atoms with Crippen LogP contribution in [0.25, 0.3) is 0 Å². The molecule has 1 saturated carbocycles. The van der Waals surface area contributed by atoms with Gasteiger partial charge in [0.15, 0.2) is 0 Å². The average Bonchev–Trinajstić information content (AvgIpc) is 2.53. The van der Waals surface area contributed by atoms with Crippen molar-refractivity contribution in [1.82, 2.24) is 0 Å². The standard InChI is InChI=1S/C10H22NO2P/c1-2-3-4-7-14(12,13)10-6-5-9(11)8-10/h9-10H,2-8,11H2,1H3,(H,12,13)/t9-,10-/m1/s1. The third-order valence-electron chi connectivity index (χ3n) is 3.10. The van der Waals surface area contributed by atoms with Crippen molar-refractivity contribution < 1.29 is 9.46 Å². The fourth-order valence-electron chi connectivity index (χ4n) is 2.13. The fourth-order valence-corrected chi connectivity index (χ4v) is 4.32. The predicted octanol–water partition coefficient (Wildman–Crippen LogP) is 2.33. The largest absolute Gasteiger partial charge is 0.344 e. The number of rotatable bonds is 5. The molecule has 1 unspecified atom stereocenters. The van der Waals surface area contributed by atoms with Gasteiger partial charge in [0.2, 0.25) is 7.37 Å². The molecule has 1 aliphatic carbocycles. The Kier molecular flexibility index (Phi) is 4.62. The van der Waals surface area contributed by atoms with Crippen molar-refractivity contribution in [2.45, 2.75) is 57.1 Å². The van der Waals surface area contributed by atoms with Crippen molar-refractivity contribution in [3.63, 3.8) is 0 Å². The highest BCUT2D eigenvalue weighted by atomic mass is 31.2. The van der Waals surface area contributed by atoms with Gasteiger partial charge in [-0.2, -0.15) is 0 Å². The van der Waals surface area contributed by atoms with E-state index < -0.39 is 7.37 Å². The molecule has 1 fully saturated rings. The zero-order valence-corrected chi connectivity index (χ0v) is 9.88. The first-order valence-corrected chi connectivity index (χ1v) is 7.54. The van der Waals surface area contributed by atoms with Gasteiger partial charge in [0, 0.05) is 17.9 Å². The van der Waals surface area contributed by atoms with Gasteiger partial charge in [-0.1, -0.05) is 19.8 Å². The molecule has 0 aliphatic heterocycles. The summed E-state index contributed by atoms with van der Waals surface area (Å²) in [7, 11) is -2.89. The lowest BCUT2D eigenvalue weighted by Gasteiger charge is -2.18. The van der Waals surface area contributed by atoms with Crippen LogP contribution in [0.15, 0.2) is 0 Å². The monoisotopic (exact) mass is 219 g/mol. The minimum atomic E-state index is -2.89. The van der Waals surface area contributed by atoms with Crippen molar-refractivity contribution in [3.8, 4) is 0 Å². The molecule has 1 rings (SSSR count). The van der Waals surface area contributed by atoms with Gasteiger partial charge < -0.3 is 10.6 Å². The minimum absolute atomic E-state index is 0.00523. The van der Waals surface area contributed by atoms with E-state index in [0.29, 0.717) is 6.16 Å². The maximum Gasteiger partial charge on any atom is 0.203 e. The number of nitrogens with two attached hydrogens (primary N) is 1. The first-order chi connectivity index (χ1) is 6.56. The molecule has 0 aromatic heterocycles. The van der Waals surface area contributed by atoms with E-state index in [1.54, 1.807) is 0 Å². The van der Waals surface area contributed by atoms with Crippen LogP contribution in [0.3, 0.4) is 0 Å². The SMILES string of the molecule is CCCCCP(=O)(O)[C@@H]1CC[C@@H](N)C1. The zero-order valence-electron chi connectivity index (χ0n) is 8.98. The van der Waals surface area contributed by atoms with E-state index in [0.717, 1.165) is 38.5 Å². The van der Waals surface area contributed by atoms with Gasteiger partial charge in [-0.15, -0.1) is 0 Å². The molecule has 0 bridgehead atoms. The lowest BCUT2D eigenvalue weighted by Crippen LogP contribution is -2.16. The molecule has 0 amide bonds. The Labute approximate surface area is 86.5 Å². The van der Waals surface area contributed by atoms with Crippen LogP contribution in [-0.4, -0.2) is 22.8 Å². The molecule has 0 heterocycles. The first kappa shape index (κ1) is 12.2. The first-order valence-electron chi connectivity index (χ1n) is 5.63. The Morgan fingerprint density at radius 3 is 2.64 bits per heavy atom. The van der Waals surface area contributed by atoms with Gasteiger partial charge in [-0.05, 0) is 25.7 Å². The van der Waals surface area contributed by atoms with Crippen LogP contribution in [0, 0.1) is 0 Å². The number of hydrogen-bond donors (Lipinski definition) is 2. The second kappa shape index (κ2) is 5.29. The van der Waals surface area contributed by atoms with Crippen molar-refractivity contribution in [2.24, 2.45) is 5.73 Å². The second-order valence-corrected chi connectivity index (χ2v) is 7.10. The molecule has 0 radical (unpaired) electrons. The summed E-state index contributed by atoms with van der Waals surface area (Å²) >= 11 is 0.